The molecule has 4 nitrogen and oxygen atoms in total. The molecule has 5 heteroatoms. The van der Waals surface area contributed by atoms with Crippen molar-refractivity contribution in [3.05, 3.63) is 36.0 Å². The first kappa shape index (κ1) is 13.4. The summed E-state index contributed by atoms with van der Waals surface area (Å²) in [6.45, 7) is 5.01. The number of aromatic amines is 1. The number of nitrogens with zero attached hydrogens (tertiary/aromatic N) is 1. The largest absolute Gasteiger partial charge is 0.361 e. The summed E-state index contributed by atoms with van der Waals surface area (Å²) in [6, 6.07) is 7.69. The molecule has 1 aliphatic heterocycles. The molecule has 3 rings (SSSR count). The van der Waals surface area contributed by atoms with E-state index in [9.17, 15) is 9.00 Å². The molecule has 106 valence electrons. The van der Waals surface area contributed by atoms with Crippen molar-refractivity contribution in [2.75, 3.05) is 18.8 Å². The molecule has 0 spiro atoms. The topological polar surface area (TPSA) is 53.2 Å². The molecule has 1 aromatic carbocycles. The quantitative estimate of drug-likeness (QED) is 0.875. The van der Waals surface area contributed by atoms with Gasteiger partial charge in [0, 0.05) is 41.2 Å². The molecule has 0 saturated carbocycles. The molecule has 2 aromatic rings. The van der Waals surface area contributed by atoms with Crippen molar-refractivity contribution in [3.8, 4) is 0 Å². The molecule has 1 aromatic heterocycles. The van der Waals surface area contributed by atoms with Crippen LogP contribution in [0, 0.1) is 0 Å². The van der Waals surface area contributed by atoms with Gasteiger partial charge in [-0.05, 0) is 26.0 Å². The van der Waals surface area contributed by atoms with Gasteiger partial charge in [0.15, 0.2) is 0 Å². The predicted molar refractivity (Wildman–Crippen MR) is 81.3 cm³/mol. The molecular formula is C15H18N2O2S. The Kier molecular flexibility index (Phi) is 3.17. The number of nitrogens with one attached hydrogen (secondary N) is 1. The Morgan fingerprint density at radius 1 is 1.35 bits per heavy atom. The lowest BCUT2D eigenvalue weighted by molar-refractivity contribution is 0.0747. The fourth-order valence-electron chi connectivity index (χ4n) is 2.69. The minimum Gasteiger partial charge on any atom is -0.361 e. The van der Waals surface area contributed by atoms with E-state index in [4.69, 9.17) is 0 Å². The minimum atomic E-state index is -0.865. The van der Waals surface area contributed by atoms with Gasteiger partial charge in [0.05, 0.1) is 15.8 Å². The minimum absolute atomic E-state index is 0.0165. The summed E-state index contributed by atoms with van der Waals surface area (Å²) in [5.74, 6) is 0.572. The van der Waals surface area contributed by atoms with Gasteiger partial charge < -0.3 is 9.88 Å². The number of carbonyl (C=O) groups is 1. The maximum atomic E-state index is 12.7. The highest BCUT2D eigenvalue weighted by molar-refractivity contribution is 7.86. The van der Waals surface area contributed by atoms with Gasteiger partial charge in [-0.1, -0.05) is 12.1 Å². The van der Waals surface area contributed by atoms with Crippen molar-refractivity contribution in [2.24, 2.45) is 0 Å². The van der Waals surface area contributed by atoms with Gasteiger partial charge in [-0.25, -0.2) is 0 Å². The van der Waals surface area contributed by atoms with Crippen LogP contribution in [-0.4, -0.2) is 43.6 Å². The number of hydrogen-bond acceptors (Lipinski definition) is 2. The van der Waals surface area contributed by atoms with Gasteiger partial charge in [-0.15, -0.1) is 0 Å². The van der Waals surface area contributed by atoms with Crippen LogP contribution in [0.2, 0.25) is 0 Å². The number of hydrogen-bond donors (Lipinski definition) is 1. The SMILES string of the molecule is CC1(C)CN(C(=O)c2cccc3cc[nH]c23)CCS1=O. The Morgan fingerprint density at radius 3 is 2.90 bits per heavy atom. The lowest BCUT2D eigenvalue weighted by Gasteiger charge is -2.37. The molecule has 20 heavy (non-hydrogen) atoms. The van der Waals surface area contributed by atoms with Crippen LogP contribution in [-0.2, 0) is 10.8 Å². The fourth-order valence-corrected chi connectivity index (χ4v) is 3.93. The standard InChI is InChI=1S/C15H18N2O2S/c1-15(2)10-17(8-9-20(15)19)14(18)12-5-3-4-11-6-7-16-13(11)12/h3-7,16H,8-10H2,1-2H3. The van der Waals surface area contributed by atoms with Crippen molar-refractivity contribution in [3.63, 3.8) is 0 Å². The van der Waals surface area contributed by atoms with Crippen LogP contribution < -0.4 is 0 Å². The van der Waals surface area contributed by atoms with Gasteiger partial charge in [0.1, 0.15) is 0 Å². The number of amides is 1. The van der Waals surface area contributed by atoms with Crippen molar-refractivity contribution in [2.45, 2.75) is 18.6 Å². The first-order valence-corrected chi connectivity index (χ1v) is 8.05. The third-order valence-corrected chi connectivity index (χ3v) is 5.75. The zero-order valence-electron chi connectivity index (χ0n) is 11.7. The van der Waals surface area contributed by atoms with Crippen LogP contribution >= 0.6 is 0 Å². The first-order chi connectivity index (χ1) is 9.49. The van der Waals surface area contributed by atoms with Crippen LogP contribution in [0.1, 0.15) is 24.2 Å². The monoisotopic (exact) mass is 290 g/mol. The zero-order valence-corrected chi connectivity index (χ0v) is 12.5. The van der Waals surface area contributed by atoms with Gasteiger partial charge in [-0.2, -0.15) is 0 Å². The summed E-state index contributed by atoms with van der Waals surface area (Å²) in [5, 5.41) is 1.04. The summed E-state index contributed by atoms with van der Waals surface area (Å²) in [7, 11) is -0.865. The second-order valence-corrected chi connectivity index (χ2v) is 7.99. The number of para-hydroxylation sites is 1. The molecular weight excluding hydrogens is 272 g/mol. The van der Waals surface area contributed by atoms with Crippen molar-refractivity contribution in [1.29, 1.82) is 0 Å². The maximum Gasteiger partial charge on any atom is 0.256 e. The van der Waals surface area contributed by atoms with E-state index in [0.717, 1.165) is 10.9 Å². The second kappa shape index (κ2) is 4.74. The lowest BCUT2D eigenvalue weighted by Crippen LogP contribution is -2.52. The van der Waals surface area contributed by atoms with Crippen molar-refractivity contribution < 1.29 is 9.00 Å². The van der Waals surface area contributed by atoms with E-state index in [1.54, 1.807) is 0 Å². The van der Waals surface area contributed by atoms with Crippen LogP contribution in [0.25, 0.3) is 10.9 Å². The number of H-pyrrole nitrogens is 1. The Balaban J connectivity index is 1.93. The Hall–Kier alpha value is -1.62. The molecule has 1 atom stereocenters. The van der Waals surface area contributed by atoms with E-state index in [2.05, 4.69) is 4.98 Å². The number of aromatic nitrogens is 1. The highest BCUT2D eigenvalue weighted by Crippen LogP contribution is 2.24. The summed E-state index contributed by atoms with van der Waals surface area (Å²) in [6.07, 6.45) is 1.84. The molecule has 0 bridgehead atoms. The number of carbonyl (C=O) groups excluding carboxylic acids is 1. The highest BCUT2D eigenvalue weighted by atomic mass is 32.2. The number of benzene rings is 1. The predicted octanol–water partition coefficient (Wildman–Crippen LogP) is 2.15. The molecule has 1 fully saturated rings. The van der Waals surface area contributed by atoms with E-state index in [1.165, 1.54) is 0 Å². The molecule has 1 N–H and O–H groups in total. The molecule has 1 unspecified atom stereocenters. The summed E-state index contributed by atoms with van der Waals surface area (Å²) < 4.78 is 11.6. The Labute approximate surface area is 120 Å². The Morgan fingerprint density at radius 2 is 2.15 bits per heavy atom. The maximum absolute atomic E-state index is 12.7. The van der Waals surface area contributed by atoms with Crippen LogP contribution in [0.4, 0.5) is 0 Å². The number of rotatable bonds is 1. The van der Waals surface area contributed by atoms with Gasteiger partial charge >= 0.3 is 0 Å². The van der Waals surface area contributed by atoms with E-state index >= 15 is 0 Å². The molecule has 2 heterocycles. The molecule has 1 aliphatic rings. The molecule has 0 radical (unpaired) electrons. The summed E-state index contributed by atoms with van der Waals surface area (Å²) in [5.41, 5.74) is 1.57. The van der Waals surface area contributed by atoms with E-state index in [1.807, 2.05) is 49.2 Å². The highest BCUT2D eigenvalue weighted by Gasteiger charge is 2.35. The molecule has 1 amide bonds. The third-order valence-electron chi connectivity index (χ3n) is 3.84. The van der Waals surface area contributed by atoms with E-state index in [0.29, 0.717) is 24.4 Å². The smallest absolute Gasteiger partial charge is 0.256 e. The summed E-state index contributed by atoms with van der Waals surface area (Å²) >= 11 is 0. The Bertz CT molecular complexity index is 690. The van der Waals surface area contributed by atoms with Gasteiger partial charge in [-0.3, -0.25) is 9.00 Å². The number of fused-ring (bicyclic) bond motifs is 1. The normalized spacial score (nSPS) is 22.1. The zero-order chi connectivity index (χ0) is 14.3. The van der Waals surface area contributed by atoms with Crippen LogP contribution in [0.15, 0.2) is 30.5 Å². The van der Waals surface area contributed by atoms with E-state index < -0.39 is 10.8 Å². The summed E-state index contributed by atoms with van der Waals surface area (Å²) in [4.78, 5) is 17.7. The molecule has 0 aliphatic carbocycles. The first-order valence-electron chi connectivity index (χ1n) is 6.73. The van der Waals surface area contributed by atoms with Crippen LogP contribution in [0.5, 0.6) is 0 Å². The average Bonchev–Trinajstić information content (AvgIpc) is 2.89. The van der Waals surface area contributed by atoms with Crippen molar-refractivity contribution >= 4 is 27.6 Å². The van der Waals surface area contributed by atoms with Crippen LogP contribution in [0.3, 0.4) is 0 Å². The van der Waals surface area contributed by atoms with Gasteiger partial charge in [0.2, 0.25) is 0 Å². The fraction of sp³-hybridized carbons (Fsp3) is 0.400. The van der Waals surface area contributed by atoms with Crippen molar-refractivity contribution in [1.82, 2.24) is 9.88 Å². The third kappa shape index (κ3) is 2.16. The van der Waals surface area contributed by atoms with Gasteiger partial charge in [0.25, 0.3) is 5.91 Å². The average molecular weight is 290 g/mol. The van der Waals surface area contributed by atoms with E-state index in [-0.39, 0.29) is 10.7 Å². The lowest BCUT2D eigenvalue weighted by atomic mass is 10.1. The second-order valence-electron chi connectivity index (χ2n) is 5.78. The molecule has 1 saturated heterocycles.